The summed E-state index contributed by atoms with van der Waals surface area (Å²) in [5.74, 6) is -0.124. The summed E-state index contributed by atoms with van der Waals surface area (Å²) in [5, 5.41) is 8.32. The van der Waals surface area contributed by atoms with Gasteiger partial charge in [-0.1, -0.05) is 12.1 Å². The van der Waals surface area contributed by atoms with E-state index in [4.69, 9.17) is 15.2 Å². The number of carbonyl (C=O) groups is 3. The van der Waals surface area contributed by atoms with E-state index in [2.05, 4.69) is 21.7 Å². The summed E-state index contributed by atoms with van der Waals surface area (Å²) >= 11 is 1.59. The highest BCUT2D eigenvalue weighted by atomic mass is 32.1. The molecular weight excluding hydrogens is 600 g/mol. The number of hydrogen-bond donors (Lipinski definition) is 3. The van der Waals surface area contributed by atoms with E-state index in [1.54, 1.807) is 29.5 Å². The third kappa shape index (κ3) is 5.45. The number of methoxy groups -OCH3 is 1. The van der Waals surface area contributed by atoms with Crippen LogP contribution in [0.2, 0.25) is 0 Å². The number of amides is 2. The lowest BCUT2D eigenvalue weighted by Gasteiger charge is -2.27. The van der Waals surface area contributed by atoms with Crippen LogP contribution in [0.25, 0.3) is 21.6 Å². The summed E-state index contributed by atoms with van der Waals surface area (Å²) < 4.78 is 11.3. The number of rotatable bonds is 7. The molecular formula is C36H36N4O5S. The number of pyridine rings is 1. The van der Waals surface area contributed by atoms with Crippen LogP contribution in [0, 0.1) is 12.8 Å². The number of nitrogens with two attached hydrogens (primary N) is 1. The fourth-order valence-electron chi connectivity index (χ4n) is 7.24. The van der Waals surface area contributed by atoms with Gasteiger partial charge in [-0.2, -0.15) is 0 Å². The zero-order valence-electron chi connectivity index (χ0n) is 25.9. The van der Waals surface area contributed by atoms with Crippen LogP contribution in [0.1, 0.15) is 80.1 Å². The van der Waals surface area contributed by atoms with Gasteiger partial charge >= 0.3 is 5.97 Å². The van der Waals surface area contributed by atoms with Crippen molar-refractivity contribution in [2.75, 3.05) is 19.0 Å². The van der Waals surface area contributed by atoms with Crippen molar-refractivity contribution in [3.05, 3.63) is 87.6 Å². The molecule has 2 aromatic carbocycles. The molecule has 2 aliphatic carbocycles. The third-order valence-electron chi connectivity index (χ3n) is 9.68. The Morgan fingerprint density at radius 3 is 2.59 bits per heavy atom. The summed E-state index contributed by atoms with van der Waals surface area (Å²) in [6, 6.07) is 14.6. The Labute approximate surface area is 271 Å². The molecule has 2 bridgehead atoms. The lowest BCUT2D eigenvalue weighted by atomic mass is 9.92. The SMILES string of the molecule is COC(=O)c1nc(C(=O)NC23CCC(CC2)C3)ccc1-c1cc2c(cc1C(=O)Nc1ccc(CN)cc1C)-c1sccc1CCO2. The Bertz CT molecular complexity index is 1870. The smallest absolute Gasteiger partial charge is 0.357 e. The average molecular weight is 637 g/mol. The number of hydrogen-bond acceptors (Lipinski definition) is 8. The van der Waals surface area contributed by atoms with Gasteiger partial charge in [0.05, 0.1) is 13.7 Å². The maximum atomic E-state index is 14.2. The number of carbonyl (C=O) groups excluding carboxylic acids is 3. The summed E-state index contributed by atoms with van der Waals surface area (Å²) in [5.41, 5.74) is 11.3. The molecule has 236 valence electrons. The number of aryl methyl sites for hydroxylation is 1. The van der Waals surface area contributed by atoms with E-state index < -0.39 is 5.97 Å². The molecule has 9 nitrogen and oxygen atoms in total. The van der Waals surface area contributed by atoms with Crippen LogP contribution in [0.5, 0.6) is 5.75 Å². The molecule has 4 N–H and O–H groups in total. The Morgan fingerprint density at radius 2 is 1.87 bits per heavy atom. The molecule has 4 aromatic rings. The van der Waals surface area contributed by atoms with Crippen LogP contribution in [-0.4, -0.2) is 42.0 Å². The second-order valence-electron chi connectivity index (χ2n) is 12.5. The molecule has 3 heterocycles. The molecule has 46 heavy (non-hydrogen) atoms. The zero-order valence-corrected chi connectivity index (χ0v) is 26.7. The van der Waals surface area contributed by atoms with E-state index in [0.29, 0.717) is 47.2 Å². The van der Waals surface area contributed by atoms with Gasteiger partial charge in [0.1, 0.15) is 11.4 Å². The first-order valence-electron chi connectivity index (χ1n) is 15.7. The summed E-state index contributed by atoms with van der Waals surface area (Å²) in [4.78, 5) is 46.4. The van der Waals surface area contributed by atoms with Gasteiger partial charge in [0.15, 0.2) is 5.69 Å². The number of esters is 1. The van der Waals surface area contributed by atoms with Gasteiger partial charge in [0, 0.05) is 51.3 Å². The van der Waals surface area contributed by atoms with E-state index in [0.717, 1.165) is 65.7 Å². The second-order valence-corrected chi connectivity index (χ2v) is 13.5. The van der Waals surface area contributed by atoms with Crippen LogP contribution >= 0.6 is 11.3 Å². The van der Waals surface area contributed by atoms with Gasteiger partial charge in [-0.15, -0.1) is 11.3 Å². The molecule has 2 amide bonds. The first kappa shape index (κ1) is 30.1. The van der Waals surface area contributed by atoms with E-state index in [1.165, 1.54) is 7.11 Å². The number of fused-ring (bicyclic) bond motifs is 5. The molecule has 2 saturated carbocycles. The van der Waals surface area contributed by atoms with Crippen LogP contribution < -0.4 is 21.1 Å². The lowest BCUT2D eigenvalue weighted by Crippen LogP contribution is -2.45. The van der Waals surface area contributed by atoms with Crippen molar-refractivity contribution in [2.24, 2.45) is 11.7 Å². The number of thiophene rings is 1. The minimum Gasteiger partial charge on any atom is -0.493 e. The summed E-state index contributed by atoms with van der Waals surface area (Å²) in [6.07, 6.45) is 5.87. The first-order valence-corrected chi connectivity index (χ1v) is 16.6. The number of nitrogens with one attached hydrogen (secondary N) is 2. The number of nitrogens with zero attached hydrogens (tertiary/aromatic N) is 1. The van der Waals surface area contributed by atoms with E-state index in [-0.39, 0.29) is 28.7 Å². The molecule has 2 fully saturated rings. The number of aromatic nitrogens is 1. The summed E-state index contributed by atoms with van der Waals surface area (Å²) in [6.45, 7) is 2.78. The largest absolute Gasteiger partial charge is 0.493 e. The minimum absolute atomic E-state index is 0.0497. The quantitative estimate of drug-likeness (QED) is 0.203. The van der Waals surface area contributed by atoms with Crippen LogP contribution in [-0.2, 0) is 17.7 Å². The van der Waals surface area contributed by atoms with Crippen molar-refractivity contribution >= 4 is 34.8 Å². The number of anilines is 1. The number of benzene rings is 2. The van der Waals surface area contributed by atoms with Crippen LogP contribution in [0.3, 0.4) is 0 Å². The molecule has 2 aromatic heterocycles. The van der Waals surface area contributed by atoms with Crippen molar-refractivity contribution in [2.45, 2.75) is 57.5 Å². The van der Waals surface area contributed by atoms with Crippen molar-refractivity contribution in [1.29, 1.82) is 0 Å². The van der Waals surface area contributed by atoms with E-state index >= 15 is 0 Å². The van der Waals surface area contributed by atoms with Gasteiger partial charge in [0.25, 0.3) is 11.8 Å². The van der Waals surface area contributed by atoms with Gasteiger partial charge in [-0.3, -0.25) is 9.59 Å². The first-order chi connectivity index (χ1) is 22.3. The molecule has 7 rings (SSSR count). The molecule has 0 unspecified atom stereocenters. The molecule has 3 aliphatic rings. The molecule has 1 aliphatic heterocycles. The van der Waals surface area contributed by atoms with E-state index in [1.807, 2.05) is 36.6 Å². The Kier molecular flexibility index (Phi) is 7.86. The average Bonchev–Trinajstić information content (AvgIpc) is 3.79. The molecule has 0 atom stereocenters. The molecule has 0 saturated heterocycles. The lowest BCUT2D eigenvalue weighted by molar-refractivity contribution is 0.0594. The fraction of sp³-hybridized carbons (Fsp3) is 0.333. The third-order valence-corrected chi connectivity index (χ3v) is 10.7. The van der Waals surface area contributed by atoms with Crippen molar-refractivity contribution in [3.63, 3.8) is 0 Å². The topological polar surface area (TPSA) is 133 Å². The highest BCUT2D eigenvalue weighted by Crippen LogP contribution is 2.48. The maximum Gasteiger partial charge on any atom is 0.357 e. The molecule has 0 spiro atoms. The van der Waals surface area contributed by atoms with Crippen LogP contribution in [0.4, 0.5) is 5.69 Å². The van der Waals surface area contributed by atoms with E-state index in [9.17, 15) is 14.4 Å². The normalized spacial score (nSPS) is 19.4. The molecule has 10 heteroatoms. The van der Waals surface area contributed by atoms with Crippen molar-refractivity contribution < 1.29 is 23.9 Å². The fourth-order valence-corrected chi connectivity index (χ4v) is 8.21. The Balaban J connectivity index is 1.33. The number of ether oxygens (including phenoxy) is 2. The maximum absolute atomic E-state index is 14.2. The van der Waals surface area contributed by atoms with Gasteiger partial charge < -0.3 is 25.8 Å². The van der Waals surface area contributed by atoms with Gasteiger partial charge in [-0.25, -0.2) is 9.78 Å². The van der Waals surface area contributed by atoms with Crippen molar-refractivity contribution in [3.8, 4) is 27.3 Å². The highest BCUT2D eigenvalue weighted by Gasteiger charge is 2.46. The zero-order chi connectivity index (χ0) is 32.0. The van der Waals surface area contributed by atoms with Gasteiger partial charge in [-0.05, 0) is 103 Å². The van der Waals surface area contributed by atoms with Gasteiger partial charge in [0.2, 0.25) is 0 Å². The molecule has 0 radical (unpaired) electrons. The standard InChI is InChI=1S/C36H36N4O5S/c1-20-15-22(19-37)3-5-28(20)39-33(41)26-16-27-30(45-13-9-23-10-14-46-32(23)27)17-25(26)24-4-6-29(38-31(24)35(43)44-2)34(42)40-36-11-7-21(18-36)8-12-36/h3-6,10,14-17,21H,7-9,11-13,18-19,37H2,1-2H3,(H,39,41)(H,40,42). The predicted molar refractivity (Wildman–Crippen MR) is 177 cm³/mol. The Hall–Kier alpha value is -4.54. The Morgan fingerprint density at radius 1 is 1.04 bits per heavy atom. The minimum atomic E-state index is -0.708. The van der Waals surface area contributed by atoms with Crippen molar-refractivity contribution in [1.82, 2.24) is 10.3 Å². The second kappa shape index (κ2) is 12.0. The summed E-state index contributed by atoms with van der Waals surface area (Å²) in [7, 11) is 1.27. The highest BCUT2D eigenvalue weighted by molar-refractivity contribution is 7.13. The monoisotopic (exact) mass is 636 g/mol. The van der Waals surface area contributed by atoms with Crippen LogP contribution in [0.15, 0.2) is 53.9 Å². The predicted octanol–water partition coefficient (Wildman–Crippen LogP) is 6.28.